The summed E-state index contributed by atoms with van der Waals surface area (Å²) in [4.78, 5) is 0. The van der Waals surface area contributed by atoms with Gasteiger partial charge in [0, 0.05) is 18.9 Å². The molecule has 0 unspecified atom stereocenters. The molecule has 2 aromatic carbocycles. The third-order valence-electron chi connectivity index (χ3n) is 2.57. The summed E-state index contributed by atoms with van der Waals surface area (Å²) in [5.41, 5.74) is 3.82. The summed E-state index contributed by atoms with van der Waals surface area (Å²) < 4.78 is 4.14. The molecule has 2 rings (SSSR count). The maximum Gasteiger partial charge on any atom is 0.0169 e. The summed E-state index contributed by atoms with van der Waals surface area (Å²) in [5.74, 6) is 0. The molecule has 0 aromatic heterocycles. The van der Waals surface area contributed by atoms with Gasteiger partial charge in [-0.25, -0.2) is 4.40 Å². The Labute approximate surface area is 107 Å². The molecular weight excluding hydrogens is 226 g/mol. The van der Waals surface area contributed by atoms with E-state index in [-0.39, 0.29) is 0 Å². The van der Waals surface area contributed by atoms with Gasteiger partial charge >= 0.3 is 0 Å². The van der Waals surface area contributed by atoms with Gasteiger partial charge in [-0.1, -0.05) is 54.6 Å². The minimum Gasteiger partial charge on any atom is -0.229 e. The number of hydrogen-bond donors (Lipinski definition) is 0. The molecule has 0 N–H and O–H groups in total. The number of hydrogen-bond acceptors (Lipinski definition) is 2. The molecule has 0 amide bonds. The maximum atomic E-state index is 4.14. The standard InChI is InChI=1S/C15H15NS/c1-17-16-12-11-13-7-9-15(10-8-13)14-5-3-2-4-6-14/h2-10,12H,11H2,1H3. The molecule has 0 bridgehead atoms. The van der Waals surface area contributed by atoms with E-state index >= 15 is 0 Å². The molecule has 0 radical (unpaired) electrons. The minimum atomic E-state index is 0.899. The molecule has 0 fully saturated rings. The van der Waals surface area contributed by atoms with Crippen molar-refractivity contribution < 1.29 is 0 Å². The Morgan fingerprint density at radius 1 is 0.941 bits per heavy atom. The van der Waals surface area contributed by atoms with Crippen molar-refractivity contribution in [2.75, 3.05) is 6.26 Å². The van der Waals surface area contributed by atoms with Gasteiger partial charge in [0.2, 0.25) is 0 Å². The summed E-state index contributed by atoms with van der Waals surface area (Å²) >= 11 is 1.49. The zero-order chi connectivity index (χ0) is 11.9. The van der Waals surface area contributed by atoms with E-state index in [0.29, 0.717) is 0 Å². The van der Waals surface area contributed by atoms with E-state index in [1.807, 2.05) is 18.5 Å². The lowest BCUT2D eigenvalue weighted by Gasteiger charge is -2.02. The summed E-state index contributed by atoms with van der Waals surface area (Å²) in [6.45, 7) is 0. The van der Waals surface area contributed by atoms with Crippen molar-refractivity contribution in [1.29, 1.82) is 0 Å². The lowest BCUT2D eigenvalue weighted by molar-refractivity contribution is 1.36. The first-order chi connectivity index (χ1) is 8.40. The van der Waals surface area contributed by atoms with Crippen LogP contribution in [-0.4, -0.2) is 12.5 Å². The summed E-state index contributed by atoms with van der Waals surface area (Å²) in [5, 5.41) is 0. The van der Waals surface area contributed by atoms with Crippen LogP contribution < -0.4 is 0 Å². The normalized spacial score (nSPS) is 10.9. The molecule has 0 aliphatic rings. The van der Waals surface area contributed by atoms with Gasteiger partial charge in [-0.15, -0.1) is 0 Å². The Morgan fingerprint density at radius 3 is 2.24 bits per heavy atom. The van der Waals surface area contributed by atoms with Crippen LogP contribution in [0.3, 0.4) is 0 Å². The van der Waals surface area contributed by atoms with Crippen molar-refractivity contribution in [3.63, 3.8) is 0 Å². The van der Waals surface area contributed by atoms with E-state index in [1.54, 1.807) is 0 Å². The SMILES string of the molecule is CSN=CCc1ccc(-c2ccccc2)cc1. The van der Waals surface area contributed by atoms with Gasteiger partial charge in [-0.2, -0.15) is 0 Å². The molecule has 2 heteroatoms. The molecule has 0 heterocycles. The topological polar surface area (TPSA) is 12.4 Å². The zero-order valence-corrected chi connectivity index (χ0v) is 10.7. The Bertz CT molecular complexity index is 474. The molecular formula is C15H15NS. The van der Waals surface area contributed by atoms with Crippen molar-refractivity contribution in [2.45, 2.75) is 6.42 Å². The molecule has 1 nitrogen and oxygen atoms in total. The predicted octanol–water partition coefficient (Wildman–Crippen LogP) is 4.24. The Balaban J connectivity index is 2.11. The first-order valence-electron chi connectivity index (χ1n) is 5.59. The van der Waals surface area contributed by atoms with Gasteiger partial charge in [0.25, 0.3) is 0 Å². The van der Waals surface area contributed by atoms with Crippen LogP contribution in [0.25, 0.3) is 11.1 Å². The van der Waals surface area contributed by atoms with Crippen LogP contribution in [0.1, 0.15) is 5.56 Å². The van der Waals surface area contributed by atoms with Crippen molar-refractivity contribution in [3.05, 3.63) is 60.2 Å². The summed E-state index contributed by atoms with van der Waals surface area (Å²) in [7, 11) is 0. The van der Waals surface area contributed by atoms with E-state index in [0.717, 1.165) is 6.42 Å². The third kappa shape index (κ3) is 3.46. The van der Waals surface area contributed by atoms with Crippen LogP contribution in [0, 0.1) is 0 Å². The zero-order valence-electron chi connectivity index (χ0n) is 9.84. The van der Waals surface area contributed by atoms with Crippen molar-refractivity contribution in [2.24, 2.45) is 4.40 Å². The number of benzene rings is 2. The van der Waals surface area contributed by atoms with E-state index in [9.17, 15) is 0 Å². The fourth-order valence-electron chi connectivity index (χ4n) is 1.68. The van der Waals surface area contributed by atoms with Crippen LogP contribution in [0.15, 0.2) is 59.0 Å². The van der Waals surface area contributed by atoms with E-state index in [4.69, 9.17) is 0 Å². The van der Waals surface area contributed by atoms with Crippen molar-refractivity contribution >= 4 is 18.2 Å². The molecule has 0 saturated heterocycles. The van der Waals surface area contributed by atoms with Crippen molar-refractivity contribution in [1.82, 2.24) is 0 Å². The minimum absolute atomic E-state index is 0.899. The fourth-order valence-corrected chi connectivity index (χ4v) is 1.90. The average Bonchev–Trinajstić information content (AvgIpc) is 2.41. The van der Waals surface area contributed by atoms with Gasteiger partial charge in [-0.05, 0) is 28.6 Å². The highest BCUT2D eigenvalue weighted by Gasteiger charge is 1.96. The number of rotatable bonds is 4. The van der Waals surface area contributed by atoms with Crippen molar-refractivity contribution in [3.8, 4) is 11.1 Å². The highest BCUT2D eigenvalue weighted by Crippen LogP contribution is 2.19. The quantitative estimate of drug-likeness (QED) is 0.576. The predicted molar refractivity (Wildman–Crippen MR) is 77.6 cm³/mol. The molecule has 17 heavy (non-hydrogen) atoms. The second-order valence-corrected chi connectivity index (χ2v) is 4.31. The van der Waals surface area contributed by atoms with Gasteiger partial charge in [0.15, 0.2) is 0 Å². The van der Waals surface area contributed by atoms with Crippen LogP contribution in [-0.2, 0) is 6.42 Å². The second-order valence-electron chi connectivity index (χ2n) is 3.74. The molecule has 0 aliphatic carbocycles. The first-order valence-corrected chi connectivity index (χ1v) is 6.77. The molecule has 0 atom stereocenters. The molecule has 86 valence electrons. The lowest BCUT2D eigenvalue weighted by atomic mass is 10.0. The third-order valence-corrected chi connectivity index (χ3v) is 2.93. The first kappa shape index (κ1) is 11.9. The van der Waals surface area contributed by atoms with E-state index < -0.39 is 0 Å². The molecule has 0 spiro atoms. The van der Waals surface area contributed by atoms with Crippen LogP contribution in [0.4, 0.5) is 0 Å². The Hall–Kier alpha value is -1.54. The highest BCUT2D eigenvalue weighted by atomic mass is 32.2. The monoisotopic (exact) mass is 241 g/mol. The molecule has 0 saturated carbocycles. The summed E-state index contributed by atoms with van der Waals surface area (Å²) in [6.07, 6.45) is 4.81. The van der Waals surface area contributed by atoms with E-state index in [2.05, 4.69) is 52.9 Å². The Morgan fingerprint density at radius 2 is 1.59 bits per heavy atom. The fraction of sp³-hybridized carbons (Fsp3) is 0.133. The maximum absolute atomic E-state index is 4.14. The van der Waals surface area contributed by atoms with Crippen LogP contribution in [0.2, 0.25) is 0 Å². The Kier molecular flexibility index (Phi) is 4.39. The van der Waals surface area contributed by atoms with Crippen LogP contribution in [0.5, 0.6) is 0 Å². The number of nitrogens with zero attached hydrogens (tertiary/aromatic N) is 1. The average molecular weight is 241 g/mol. The molecule has 0 aliphatic heterocycles. The largest absolute Gasteiger partial charge is 0.229 e. The smallest absolute Gasteiger partial charge is 0.0169 e. The summed E-state index contributed by atoms with van der Waals surface area (Å²) in [6, 6.07) is 19.1. The highest BCUT2D eigenvalue weighted by molar-refractivity contribution is 7.97. The van der Waals surface area contributed by atoms with E-state index in [1.165, 1.54) is 28.6 Å². The van der Waals surface area contributed by atoms with Gasteiger partial charge in [0.1, 0.15) is 0 Å². The lowest BCUT2D eigenvalue weighted by Crippen LogP contribution is -1.85. The molecule has 2 aromatic rings. The second kappa shape index (κ2) is 6.26. The van der Waals surface area contributed by atoms with Crippen LogP contribution >= 0.6 is 11.9 Å². The van der Waals surface area contributed by atoms with Gasteiger partial charge in [0.05, 0.1) is 0 Å². The van der Waals surface area contributed by atoms with Gasteiger partial charge < -0.3 is 0 Å². The van der Waals surface area contributed by atoms with Gasteiger partial charge in [-0.3, -0.25) is 0 Å².